The standard InChI is InChI=1S/C26H26N6O2S/c1-3-23(33)31-11-10-26(15-31)12-17(13-26)32-19-7-5-4-6-18(19)28-25(32)29-24(34)22-9-8-21(35-22)20-14-27-16-30(20)2/h3-9,14,16-17H,1,10-13,15H2,2H3,(H,28,29,34)/t17-,26-. The van der Waals surface area contributed by atoms with Crippen molar-refractivity contribution in [3.8, 4) is 10.6 Å². The van der Waals surface area contributed by atoms with Crippen molar-refractivity contribution in [3.63, 3.8) is 0 Å². The molecule has 1 saturated carbocycles. The number of fused-ring (bicyclic) bond motifs is 1. The van der Waals surface area contributed by atoms with Crippen molar-refractivity contribution in [1.29, 1.82) is 0 Å². The van der Waals surface area contributed by atoms with E-state index in [4.69, 9.17) is 4.98 Å². The second-order valence-electron chi connectivity index (χ2n) is 9.58. The predicted octanol–water partition coefficient (Wildman–Crippen LogP) is 4.49. The molecule has 2 fully saturated rings. The number of carbonyl (C=O) groups is 2. The van der Waals surface area contributed by atoms with Crippen molar-refractivity contribution >= 4 is 40.1 Å². The summed E-state index contributed by atoms with van der Waals surface area (Å²) in [5, 5.41) is 3.08. The summed E-state index contributed by atoms with van der Waals surface area (Å²) in [7, 11) is 1.94. The second kappa shape index (κ2) is 8.20. The Balaban J connectivity index is 1.25. The molecule has 1 aromatic carbocycles. The number of para-hydroxylation sites is 2. The first kappa shape index (κ1) is 21.8. The Bertz CT molecular complexity index is 1460. The van der Waals surface area contributed by atoms with E-state index in [0.29, 0.717) is 10.8 Å². The summed E-state index contributed by atoms with van der Waals surface area (Å²) in [5.74, 6) is 0.411. The summed E-state index contributed by atoms with van der Waals surface area (Å²) < 4.78 is 4.11. The molecule has 178 valence electrons. The van der Waals surface area contributed by atoms with E-state index in [-0.39, 0.29) is 23.3 Å². The zero-order valence-electron chi connectivity index (χ0n) is 19.5. The molecule has 1 saturated heterocycles. The van der Waals surface area contributed by atoms with Crippen LogP contribution in [0.2, 0.25) is 0 Å². The van der Waals surface area contributed by atoms with E-state index < -0.39 is 0 Å². The number of amides is 2. The van der Waals surface area contributed by atoms with Crippen molar-refractivity contribution in [1.82, 2.24) is 24.0 Å². The first-order valence-corrected chi connectivity index (χ1v) is 12.5. The smallest absolute Gasteiger partial charge is 0.268 e. The van der Waals surface area contributed by atoms with Crippen LogP contribution < -0.4 is 5.32 Å². The lowest BCUT2D eigenvalue weighted by Gasteiger charge is -2.46. The number of rotatable bonds is 5. The van der Waals surface area contributed by atoms with Gasteiger partial charge in [0.25, 0.3) is 5.91 Å². The Morgan fingerprint density at radius 2 is 2.06 bits per heavy atom. The molecular weight excluding hydrogens is 460 g/mol. The van der Waals surface area contributed by atoms with Gasteiger partial charge >= 0.3 is 0 Å². The van der Waals surface area contributed by atoms with Gasteiger partial charge in [0, 0.05) is 26.2 Å². The van der Waals surface area contributed by atoms with E-state index in [9.17, 15) is 9.59 Å². The van der Waals surface area contributed by atoms with Gasteiger partial charge in [-0.05, 0) is 55.0 Å². The Labute approximate surface area is 206 Å². The fourth-order valence-electron chi connectivity index (χ4n) is 5.57. The van der Waals surface area contributed by atoms with Gasteiger partial charge in [0.15, 0.2) is 0 Å². The molecule has 1 spiro atoms. The van der Waals surface area contributed by atoms with Crippen LogP contribution in [-0.4, -0.2) is 48.9 Å². The maximum Gasteiger partial charge on any atom is 0.268 e. The summed E-state index contributed by atoms with van der Waals surface area (Å²) >= 11 is 1.44. The van der Waals surface area contributed by atoms with E-state index in [1.807, 2.05) is 46.8 Å². The van der Waals surface area contributed by atoms with Crippen molar-refractivity contribution < 1.29 is 9.59 Å². The number of anilines is 1. The number of imidazole rings is 2. The van der Waals surface area contributed by atoms with Crippen molar-refractivity contribution in [3.05, 3.63) is 66.5 Å². The lowest BCUT2D eigenvalue weighted by molar-refractivity contribution is -0.125. The Morgan fingerprint density at radius 3 is 2.83 bits per heavy atom. The molecule has 9 heteroatoms. The summed E-state index contributed by atoms with van der Waals surface area (Å²) in [5.41, 5.74) is 2.99. The maximum atomic E-state index is 13.2. The van der Waals surface area contributed by atoms with Gasteiger partial charge in [0.05, 0.1) is 39.0 Å². The Hall–Kier alpha value is -3.72. The van der Waals surface area contributed by atoms with Gasteiger partial charge in [-0.25, -0.2) is 9.97 Å². The highest BCUT2D eigenvalue weighted by molar-refractivity contribution is 7.17. The Morgan fingerprint density at radius 1 is 1.23 bits per heavy atom. The van der Waals surface area contributed by atoms with Gasteiger partial charge in [-0.15, -0.1) is 11.3 Å². The minimum Gasteiger partial charge on any atom is -0.339 e. The minimum absolute atomic E-state index is 0.00722. The molecule has 1 N–H and O–H groups in total. The highest BCUT2D eigenvalue weighted by atomic mass is 32.1. The van der Waals surface area contributed by atoms with Crippen LogP contribution in [0.1, 0.15) is 35.0 Å². The first-order chi connectivity index (χ1) is 17.0. The highest BCUT2D eigenvalue weighted by Gasteiger charge is 2.50. The van der Waals surface area contributed by atoms with Gasteiger partial charge in [0.2, 0.25) is 11.9 Å². The number of nitrogens with zero attached hydrogens (tertiary/aromatic N) is 5. The third-order valence-electron chi connectivity index (χ3n) is 7.35. The first-order valence-electron chi connectivity index (χ1n) is 11.7. The topological polar surface area (TPSA) is 85.0 Å². The molecule has 0 unspecified atom stereocenters. The van der Waals surface area contributed by atoms with E-state index in [2.05, 4.69) is 27.5 Å². The van der Waals surface area contributed by atoms with E-state index in [1.165, 1.54) is 17.4 Å². The number of aromatic nitrogens is 4. The monoisotopic (exact) mass is 486 g/mol. The number of nitrogens with one attached hydrogen (secondary N) is 1. The molecule has 2 amide bonds. The molecule has 3 aromatic heterocycles. The third kappa shape index (κ3) is 3.67. The Kier molecular flexibility index (Phi) is 5.10. The van der Waals surface area contributed by atoms with Gasteiger partial charge in [-0.2, -0.15) is 0 Å². The molecular formula is C26H26N6O2S. The number of thiophene rings is 1. The molecule has 1 aliphatic heterocycles. The lowest BCUT2D eigenvalue weighted by atomic mass is 9.65. The molecule has 8 nitrogen and oxygen atoms in total. The number of hydrogen-bond acceptors (Lipinski definition) is 5. The normalized spacial score (nSPS) is 21.4. The van der Waals surface area contributed by atoms with E-state index in [1.54, 1.807) is 12.5 Å². The number of hydrogen-bond donors (Lipinski definition) is 1. The van der Waals surface area contributed by atoms with Crippen LogP contribution >= 0.6 is 11.3 Å². The van der Waals surface area contributed by atoms with E-state index >= 15 is 0 Å². The SMILES string of the molecule is C=CC(=O)N1CC[C@]2(C1)C[C@H](n1c(NC(=O)c3ccc(-c4cncn4C)s3)nc3ccccc31)C2. The summed E-state index contributed by atoms with van der Waals surface area (Å²) in [6.07, 6.45) is 7.87. The molecule has 1 aliphatic carbocycles. The van der Waals surface area contributed by atoms with Crippen LogP contribution in [0.3, 0.4) is 0 Å². The van der Waals surface area contributed by atoms with Gasteiger partial charge < -0.3 is 14.0 Å². The zero-order valence-corrected chi connectivity index (χ0v) is 20.3. The van der Waals surface area contributed by atoms with Crippen LogP contribution in [0.4, 0.5) is 5.95 Å². The number of likely N-dealkylation sites (tertiary alicyclic amines) is 1. The third-order valence-corrected chi connectivity index (χ3v) is 8.45. The van der Waals surface area contributed by atoms with Crippen molar-refractivity contribution in [2.24, 2.45) is 12.5 Å². The largest absolute Gasteiger partial charge is 0.339 e. The molecule has 4 aromatic rings. The summed E-state index contributed by atoms with van der Waals surface area (Å²) in [4.78, 5) is 37.7. The van der Waals surface area contributed by atoms with Crippen LogP contribution in [0.15, 0.2) is 61.6 Å². The molecule has 2 aliphatic rings. The molecule has 0 bridgehead atoms. The predicted molar refractivity (Wildman–Crippen MR) is 136 cm³/mol. The van der Waals surface area contributed by atoms with Crippen molar-refractivity contribution in [2.45, 2.75) is 25.3 Å². The second-order valence-corrected chi connectivity index (χ2v) is 10.7. The molecule has 0 atom stereocenters. The minimum atomic E-state index is -0.169. The quantitative estimate of drug-likeness (QED) is 0.421. The fourth-order valence-corrected chi connectivity index (χ4v) is 6.52. The molecule has 35 heavy (non-hydrogen) atoms. The summed E-state index contributed by atoms with van der Waals surface area (Å²) in [6.45, 7) is 5.18. The molecule has 0 radical (unpaired) electrons. The molecule has 6 rings (SSSR count). The van der Waals surface area contributed by atoms with Crippen LogP contribution in [0.5, 0.6) is 0 Å². The lowest BCUT2D eigenvalue weighted by Crippen LogP contribution is -2.42. The average Bonchev–Trinajstić information content (AvgIpc) is 3.62. The van der Waals surface area contributed by atoms with Gasteiger partial charge in [0.1, 0.15) is 0 Å². The van der Waals surface area contributed by atoms with Gasteiger partial charge in [-0.1, -0.05) is 18.7 Å². The zero-order chi connectivity index (χ0) is 24.2. The summed E-state index contributed by atoms with van der Waals surface area (Å²) in [6, 6.07) is 12.0. The fraction of sp³-hybridized carbons (Fsp3) is 0.308. The molecule has 4 heterocycles. The van der Waals surface area contributed by atoms with Gasteiger partial charge in [-0.3, -0.25) is 14.9 Å². The van der Waals surface area contributed by atoms with E-state index in [0.717, 1.165) is 54.0 Å². The maximum absolute atomic E-state index is 13.2. The number of carbonyl (C=O) groups excluding carboxylic acids is 2. The van der Waals surface area contributed by atoms with Crippen LogP contribution in [-0.2, 0) is 11.8 Å². The highest BCUT2D eigenvalue weighted by Crippen LogP contribution is 2.55. The number of benzene rings is 1. The average molecular weight is 487 g/mol. The van der Waals surface area contributed by atoms with Crippen molar-refractivity contribution in [2.75, 3.05) is 18.4 Å². The van der Waals surface area contributed by atoms with Crippen LogP contribution in [0, 0.1) is 5.41 Å². The number of aryl methyl sites for hydroxylation is 1. The van der Waals surface area contributed by atoms with Crippen LogP contribution in [0.25, 0.3) is 21.6 Å².